The van der Waals surface area contributed by atoms with E-state index in [2.05, 4.69) is 34.4 Å². The molecule has 0 spiro atoms. The quantitative estimate of drug-likeness (QED) is 0.792. The summed E-state index contributed by atoms with van der Waals surface area (Å²) in [6.45, 7) is 6.46. The molecule has 1 fully saturated rings. The number of hydrogen-bond acceptors (Lipinski definition) is 4. The van der Waals surface area contributed by atoms with Crippen molar-refractivity contribution < 1.29 is 0 Å². The zero-order valence-electron chi connectivity index (χ0n) is 12.9. The molecule has 0 aliphatic heterocycles. The monoisotopic (exact) mass is 276 g/mol. The van der Waals surface area contributed by atoms with Gasteiger partial charge in [-0.15, -0.1) is 0 Å². The second kappa shape index (κ2) is 8.08. The first-order valence-corrected chi connectivity index (χ1v) is 8.08. The van der Waals surface area contributed by atoms with E-state index in [4.69, 9.17) is 0 Å². The molecule has 0 bridgehead atoms. The minimum atomic E-state index is 0.725. The van der Waals surface area contributed by atoms with Crippen molar-refractivity contribution in [2.75, 3.05) is 23.7 Å². The molecular formula is C16H28N4. The van der Waals surface area contributed by atoms with Crippen LogP contribution in [-0.4, -0.2) is 23.1 Å². The number of rotatable bonds is 7. The second-order valence-corrected chi connectivity index (χ2v) is 6.05. The van der Waals surface area contributed by atoms with E-state index in [1.165, 1.54) is 32.1 Å². The third-order valence-corrected chi connectivity index (χ3v) is 4.09. The summed E-state index contributed by atoms with van der Waals surface area (Å²) in [5.74, 6) is 3.47. The zero-order valence-corrected chi connectivity index (χ0v) is 12.9. The molecule has 112 valence electrons. The first kappa shape index (κ1) is 15.1. The Balaban J connectivity index is 1.73. The van der Waals surface area contributed by atoms with Crippen molar-refractivity contribution in [2.24, 2.45) is 11.8 Å². The predicted molar refractivity (Wildman–Crippen MR) is 85.0 cm³/mol. The van der Waals surface area contributed by atoms with Gasteiger partial charge in [-0.1, -0.05) is 33.1 Å². The normalized spacial score (nSPS) is 22.5. The third-order valence-electron chi connectivity index (χ3n) is 4.09. The third kappa shape index (κ3) is 4.99. The smallest absolute Gasteiger partial charge is 0.224 e. The molecule has 0 radical (unpaired) electrons. The van der Waals surface area contributed by atoms with Crippen LogP contribution in [0.25, 0.3) is 0 Å². The van der Waals surface area contributed by atoms with Gasteiger partial charge in [0.05, 0.1) is 0 Å². The lowest BCUT2D eigenvalue weighted by molar-refractivity contribution is 0.274. The van der Waals surface area contributed by atoms with Crippen LogP contribution < -0.4 is 10.6 Å². The van der Waals surface area contributed by atoms with Crippen LogP contribution in [-0.2, 0) is 0 Å². The van der Waals surface area contributed by atoms with E-state index in [1.807, 2.05) is 12.3 Å². The molecule has 1 heterocycles. The Kier molecular flexibility index (Phi) is 6.09. The van der Waals surface area contributed by atoms with Gasteiger partial charge in [0, 0.05) is 19.3 Å². The van der Waals surface area contributed by atoms with Gasteiger partial charge >= 0.3 is 0 Å². The van der Waals surface area contributed by atoms with Gasteiger partial charge in [0.25, 0.3) is 0 Å². The topological polar surface area (TPSA) is 49.8 Å². The Morgan fingerprint density at radius 3 is 2.95 bits per heavy atom. The number of anilines is 2. The molecule has 0 amide bonds. The maximum absolute atomic E-state index is 4.47. The molecule has 0 aromatic carbocycles. The van der Waals surface area contributed by atoms with Gasteiger partial charge in [0.1, 0.15) is 5.82 Å². The van der Waals surface area contributed by atoms with Crippen molar-refractivity contribution >= 4 is 11.8 Å². The highest BCUT2D eigenvalue weighted by Gasteiger charge is 2.18. The van der Waals surface area contributed by atoms with E-state index < -0.39 is 0 Å². The van der Waals surface area contributed by atoms with Gasteiger partial charge in [-0.05, 0) is 37.2 Å². The Hall–Kier alpha value is -1.32. The summed E-state index contributed by atoms with van der Waals surface area (Å²) < 4.78 is 0. The molecule has 2 N–H and O–H groups in total. The van der Waals surface area contributed by atoms with Crippen molar-refractivity contribution in [3.05, 3.63) is 12.3 Å². The van der Waals surface area contributed by atoms with Crippen LogP contribution in [0, 0.1) is 11.8 Å². The van der Waals surface area contributed by atoms with E-state index in [0.29, 0.717) is 0 Å². The highest BCUT2D eigenvalue weighted by atomic mass is 15.1. The first-order chi connectivity index (χ1) is 9.78. The fourth-order valence-corrected chi connectivity index (χ4v) is 3.01. The standard InChI is InChI=1S/C16H28N4/c1-3-9-18-16-19-11-8-15(20-16)17-10-7-14-6-4-5-13(2)12-14/h8,11,13-14H,3-7,9-10,12H2,1-2H3,(H2,17,18,19,20). The molecule has 1 aliphatic carbocycles. The van der Waals surface area contributed by atoms with Gasteiger partial charge in [0.15, 0.2) is 0 Å². The second-order valence-electron chi connectivity index (χ2n) is 6.05. The first-order valence-electron chi connectivity index (χ1n) is 8.08. The molecular weight excluding hydrogens is 248 g/mol. The van der Waals surface area contributed by atoms with Crippen LogP contribution in [0.4, 0.5) is 11.8 Å². The van der Waals surface area contributed by atoms with E-state index >= 15 is 0 Å². The summed E-state index contributed by atoms with van der Waals surface area (Å²) in [7, 11) is 0. The number of nitrogens with one attached hydrogen (secondary N) is 2. The van der Waals surface area contributed by atoms with Crippen molar-refractivity contribution in [1.29, 1.82) is 0 Å². The largest absolute Gasteiger partial charge is 0.370 e. The van der Waals surface area contributed by atoms with Crippen LogP contribution in [0.5, 0.6) is 0 Å². The van der Waals surface area contributed by atoms with E-state index in [-0.39, 0.29) is 0 Å². The van der Waals surface area contributed by atoms with E-state index in [9.17, 15) is 0 Å². The lowest BCUT2D eigenvalue weighted by atomic mass is 9.81. The Morgan fingerprint density at radius 1 is 1.25 bits per heavy atom. The molecule has 20 heavy (non-hydrogen) atoms. The minimum Gasteiger partial charge on any atom is -0.370 e. The lowest BCUT2D eigenvalue weighted by Crippen LogP contribution is -2.17. The highest BCUT2D eigenvalue weighted by Crippen LogP contribution is 2.30. The molecule has 1 aromatic rings. The van der Waals surface area contributed by atoms with Crippen LogP contribution in [0.2, 0.25) is 0 Å². The number of aromatic nitrogens is 2. The predicted octanol–water partition coefficient (Wildman–Crippen LogP) is 3.93. The number of hydrogen-bond donors (Lipinski definition) is 2. The van der Waals surface area contributed by atoms with Crippen LogP contribution in [0.1, 0.15) is 52.4 Å². The van der Waals surface area contributed by atoms with Gasteiger partial charge in [-0.25, -0.2) is 4.98 Å². The minimum absolute atomic E-state index is 0.725. The summed E-state index contributed by atoms with van der Waals surface area (Å²) in [6, 6.07) is 1.95. The molecule has 2 rings (SSSR count). The highest BCUT2D eigenvalue weighted by molar-refractivity contribution is 5.39. The lowest BCUT2D eigenvalue weighted by Gasteiger charge is -2.26. The summed E-state index contributed by atoms with van der Waals surface area (Å²) in [5.41, 5.74) is 0. The maximum Gasteiger partial charge on any atom is 0.224 e. The Bertz CT molecular complexity index is 394. The molecule has 4 heteroatoms. The van der Waals surface area contributed by atoms with Crippen molar-refractivity contribution in [3.63, 3.8) is 0 Å². The Labute approximate surface area is 122 Å². The van der Waals surface area contributed by atoms with Crippen molar-refractivity contribution in [3.8, 4) is 0 Å². The molecule has 1 aromatic heterocycles. The number of nitrogens with zero attached hydrogens (tertiary/aromatic N) is 2. The van der Waals surface area contributed by atoms with Crippen molar-refractivity contribution in [2.45, 2.75) is 52.4 Å². The zero-order chi connectivity index (χ0) is 14.2. The fraction of sp³-hybridized carbons (Fsp3) is 0.750. The van der Waals surface area contributed by atoms with Crippen molar-refractivity contribution in [1.82, 2.24) is 9.97 Å². The van der Waals surface area contributed by atoms with E-state index in [1.54, 1.807) is 0 Å². The SMILES string of the molecule is CCCNc1nccc(NCCC2CCCC(C)C2)n1. The van der Waals surface area contributed by atoms with Crippen LogP contribution in [0.15, 0.2) is 12.3 Å². The van der Waals surface area contributed by atoms with Gasteiger partial charge in [-0.3, -0.25) is 0 Å². The molecule has 1 aliphatic rings. The average molecular weight is 276 g/mol. The summed E-state index contributed by atoms with van der Waals surface area (Å²) >= 11 is 0. The van der Waals surface area contributed by atoms with Crippen LogP contribution in [0.3, 0.4) is 0 Å². The molecule has 4 nitrogen and oxygen atoms in total. The van der Waals surface area contributed by atoms with Gasteiger partial charge in [0.2, 0.25) is 5.95 Å². The molecule has 0 saturated heterocycles. The summed E-state index contributed by atoms with van der Waals surface area (Å²) in [6.07, 6.45) is 9.78. The van der Waals surface area contributed by atoms with Gasteiger partial charge in [-0.2, -0.15) is 4.98 Å². The summed E-state index contributed by atoms with van der Waals surface area (Å²) in [5, 5.41) is 6.65. The fourth-order valence-electron chi connectivity index (χ4n) is 3.01. The van der Waals surface area contributed by atoms with E-state index in [0.717, 1.165) is 43.1 Å². The Morgan fingerprint density at radius 2 is 2.15 bits per heavy atom. The molecule has 1 saturated carbocycles. The molecule has 2 unspecified atom stereocenters. The van der Waals surface area contributed by atoms with Crippen LogP contribution >= 0.6 is 0 Å². The maximum atomic E-state index is 4.47. The average Bonchev–Trinajstić information content (AvgIpc) is 2.46. The summed E-state index contributed by atoms with van der Waals surface area (Å²) in [4.78, 5) is 8.70. The molecule has 2 atom stereocenters. The van der Waals surface area contributed by atoms with Gasteiger partial charge < -0.3 is 10.6 Å².